The number of carbonyl (C=O) groups is 1. The molecular formula is C17H21NO2. The van der Waals surface area contributed by atoms with Crippen molar-refractivity contribution in [2.24, 2.45) is 5.41 Å². The zero-order valence-electron chi connectivity index (χ0n) is 11.9. The van der Waals surface area contributed by atoms with Crippen molar-refractivity contribution in [1.29, 1.82) is 0 Å². The third-order valence-corrected chi connectivity index (χ3v) is 3.95. The fourth-order valence-corrected chi connectivity index (χ4v) is 2.68. The molecule has 0 heterocycles. The van der Waals surface area contributed by atoms with E-state index in [9.17, 15) is 4.79 Å². The van der Waals surface area contributed by atoms with Crippen LogP contribution < -0.4 is 5.32 Å². The average Bonchev–Trinajstić information content (AvgIpc) is 2.91. The maximum absolute atomic E-state index is 12.2. The number of rotatable bonds is 3. The smallest absolute Gasteiger partial charge is 0.226 e. The van der Waals surface area contributed by atoms with Crippen LogP contribution in [0, 0.1) is 17.3 Å². The summed E-state index contributed by atoms with van der Waals surface area (Å²) in [7, 11) is 0. The highest BCUT2D eigenvalue weighted by molar-refractivity contribution is 5.82. The van der Waals surface area contributed by atoms with E-state index in [2.05, 4.69) is 24.1 Å². The molecule has 1 aliphatic carbocycles. The predicted molar refractivity (Wildman–Crippen MR) is 78.8 cm³/mol. The van der Waals surface area contributed by atoms with E-state index in [0.717, 1.165) is 36.8 Å². The van der Waals surface area contributed by atoms with E-state index in [1.165, 1.54) is 0 Å². The number of aliphatic hydroxyl groups excluding tert-OH is 1. The molecule has 0 radical (unpaired) electrons. The first-order valence-electron chi connectivity index (χ1n) is 7.11. The number of aliphatic hydroxyl groups is 1. The number of nitrogens with one attached hydrogen (secondary N) is 1. The Labute approximate surface area is 120 Å². The van der Waals surface area contributed by atoms with Gasteiger partial charge in [0.15, 0.2) is 0 Å². The molecule has 2 rings (SSSR count). The summed E-state index contributed by atoms with van der Waals surface area (Å²) in [5, 5.41) is 11.7. The molecule has 1 aromatic rings. The van der Waals surface area contributed by atoms with Crippen molar-refractivity contribution >= 4 is 5.91 Å². The molecule has 3 heteroatoms. The topological polar surface area (TPSA) is 49.3 Å². The van der Waals surface area contributed by atoms with Crippen molar-refractivity contribution in [3.05, 3.63) is 35.4 Å². The monoisotopic (exact) mass is 271 g/mol. The lowest BCUT2D eigenvalue weighted by Crippen LogP contribution is -2.36. The van der Waals surface area contributed by atoms with Crippen molar-refractivity contribution < 1.29 is 9.90 Å². The first-order chi connectivity index (χ1) is 9.64. The van der Waals surface area contributed by atoms with Crippen molar-refractivity contribution in [2.45, 2.75) is 39.2 Å². The summed E-state index contributed by atoms with van der Waals surface area (Å²) >= 11 is 0. The molecule has 1 aromatic carbocycles. The molecule has 1 fully saturated rings. The van der Waals surface area contributed by atoms with Crippen LogP contribution in [-0.4, -0.2) is 17.6 Å². The molecule has 0 atom stereocenters. The Kier molecular flexibility index (Phi) is 4.81. The van der Waals surface area contributed by atoms with Crippen LogP contribution in [0.4, 0.5) is 0 Å². The second-order valence-electron chi connectivity index (χ2n) is 5.61. The zero-order valence-corrected chi connectivity index (χ0v) is 11.9. The van der Waals surface area contributed by atoms with Crippen LogP contribution in [0.25, 0.3) is 0 Å². The van der Waals surface area contributed by atoms with Gasteiger partial charge < -0.3 is 10.4 Å². The summed E-state index contributed by atoms with van der Waals surface area (Å²) in [5.41, 5.74) is 1.71. The third kappa shape index (κ3) is 3.61. The van der Waals surface area contributed by atoms with E-state index in [4.69, 9.17) is 5.11 Å². The number of carbonyl (C=O) groups excluding carboxylic acids is 1. The van der Waals surface area contributed by atoms with Gasteiger partial charge in [0.25, 0.3) is 0 Å². The van der Waals surface area contributed by atoms with E-state index >= 15 is 0 Å². The van der Waals surface area contributed by atoms with Crippen molar-refractivity contribution in [2.75, 3.05) is 6.61 Å². The summed E-state index contributed by atoms with van der Waals surface area (Å²) < 4.78 is 0. The van der Waals surface area contributed by atoms with Crippen LogP contribution in [0.2, 0.25) is 0 Å². The maximum atomic E-state index is 12.2. The van der Waals surface area contributed by atoms with E-state index in [0.29, 0.717) is 6.54 Å². The third-order valence-electron chi connectivity index (χ3n) is 3.95. The fourth-order valence-electron chi connectivity index (χ4n) is 2.68. The summed E-state index contributed by atoms with van der Waals surface area (Å²) in [6.07, 6.45) is 4.27. The van der Waals surface area contributed by atoms with Gasteiger partial charge in [-0.3, -0.25) is 4.79 Å². The van der Waals surface area contributed by atoms with Crippen LogP contribution in [0.15, 0.2) is 24.3 Å². The molecular weight excluding hydrogens is 250 g/mol. The Morgan fingerprint density at radius 1 is 1.40 bits per heavy atom. The summed E-state index contributed by atoms with van der Waals surface area (Å²) in [4.78, 5) is 12.2. The summed E-state index contributed by atoms with van der Waals surface area (Å²) in [5.74, 6) is 5.65. The van der Waals surface area contributed by atoms with Gasteiger partial charge in [-0.2, -0.15) is 0 Å². The fraction of sp³-hybridized carbons (Fsp3) is 0.471. The van der Waals surface area contributed by atoms with Gasteiger partial charge in [0.05, 0.1) is 0 Å². The van der Waals surface area contributed by atoms with Gasteiger partial charge in [-0.15, -0.1) is 0 Å². The van der Waals surface area contributed by atoms with Crippen molar-refractivity contribution in [3.8, 4) is 11.8 Å². The normalized spacial score (nSPS) is 16.3. The SMILES string of the molecule is CC1(C(=O)NCc2cccc(C#CCO)c2)CCCC1. The Morgan fingerprint density at radius 3 is 2.85 bits per heavy atom. The lowest BCUT2D eigenvalue weighted by molar-refractivity contribution is -0.130. The number of benzene rings is 1. The molecule has 3 nitrogen and oxygen atoms in total. The van der Waals surface area contributed by atoms with E-state index in [1.54, 1.807) is 0 Å². The lowest BCUT2D eigenvalue weighted by Gasteiger charge is -2.22. The van der Waals surface area contributed by atoms with E-state index in [1.807, 2.05) is 24.3 Å². The Morgan fingerprint density at radius 2 is 2.15 bits per heavy atom. The number of hydrogen-bond acceptors (Lipinski definition) is 2. The highest BCUT2D eigenvalue weighted by atomic mass is 16.2. The van der Waals surface area contributed by atoms with Gasteiger partial charge in [0.2, 0.25) is 5.91 Å². The van der Waals surface area contributed by atoms with Crippen LogP contribution >= 0.6 is 0 Å². The van der Waals surface area contributed by atoms with Crippen LogP contribution in [0.3, 0.4) is 0 Å². The molecule has 1 saturated carbocycles. The van der Waals surface area contributed by atoms with Crippen molar-refractivity contribution in [3.63, 3.8) is 0 Å². The van der Waals surface area contributed by atoms with Gasteiger partial charge in [0.1, 0.15) is 6.61 Å². The van der Waals surface area contributed by atoms with Gasteiger partial charge in [-0.05, 0) is 30.5 Å². The molecule has 0 spiro atoms. The largest absolute Gasteiger partial charge is 0.384 e. The van der Waals surface area contributed by atoms with Gasteiger partial charge in [-0.1, -0.05) is 43.7 Å². The van der Waals surface area contributed by atoms with Crippen molar-refractivity contribution in [1.82, 2.24) is 5.32 Å². The second kappa shape index (κ2) is 6.58. The summed E-state index contributed by atoms with van der Waals surface area (Å²) in [6.45, 7) is 2.45. The molecule has 1 aliphatic rings. The minimum Gasteiger partial charge on any atom is -0.384 e. The highest BCUT2D eigenvalue weighted by Crippen LogP contribution is 2.37. The Hall–Kier alpha value is -1.79. The molecule has 0 aliphatic heterocycles. The molecule has 0 aromatic heterocycles. The van der Waals surface area contributed by atoms with Crippen LogP contribution in [0.1, 0.15) is 43.7 Å². The zero-order chi connectivity index (χ0) is 14.4. The second-order valence-corrected chi connectivity index (χ2v) is 5.61. The molecule has 0 unspecified atom stereocenters. The standard InChI is InChI=1S/C17H21NO2/c1-17(9-2-3-10-17)16(20)18-13-15-7-4-6-14(12-15)8-5-11-19/h4,6-7,12,19H,2-3,9-11,13H2,1H3,(H,18,20). The minimum atomic E-state index is -0.186. The van der Waals surface area contributed by atoms with Gasteiger partial charge in [0, 0.05) is 17.5 Å². The summed E-state index contributed by atoms with van der Waals surface area (Å²) in [6, 6.07) is 7.73. The van der Waals surface area contributed by atoms with E-state index < -0.39 is 0 Å². The maximum Gasteiger partial charge on any atom is 0.226 e. The van der Waals surface area contributed by atoms with Gasteiger partial charge in [-0.25, -0.2) is 0 Å². The molecule has 1 amide bonds. The minimum absolute atomic E-state index is 0.140. The molecule has 0 bridgehead atoms. The highest BCUT2D eigenvalue weighted by Gasteiger charge is 2.35. The lowest BCUT2D eigenvalue weighted by atomic mass is 9.88. The number of amides is 1. The predicted octanol–water partition coefficient (Wildman–Crippen LogP) is 2.23. The quantitative estimate of drug-likeness (QED) is 0.828. The molecule has 20 heavy (non-hydrogen) atoms. The first kappa shape index (κ1) is 14.6. The molecule has 106 valence electrons. The average molecular weight is 271 g/mol. The van der Waals surface area contributed by atoms with Crippen LogP contribution in [-0.2, 0) is 11.3 Å². The molecule has 2 N–H and O–H groups in total. The van der Waals surface area contributed by atoms with Crippen LogP contribution in [0.5, 0.6) is 0 Å². The van der Waals surface area contributed by atoms with Gasteiger partial charge >= 0.3 is 0 Å². The Bertz CT molecular complexity index is 533. The molecule has 0 saturated heterocycles. The van der Waals surface area contributed by atoms with E-state index in [-0.39, 0.29) is 17.9 Å². The Balaban J connectivity index is 1.95. The number of hydrogen-bond donors (Lipinski definition) is 2. The first-order valence-corrected chi connectivity index (χ1v) is 7.11.